The van der Waals surface area contributed by atoms with Crippen LogP contribution in [0, 0.1) is 18.8 Å². The van der Waals surface area contributed by atoms with Gasteiger partial charge in [-0.05, 0) is 66.0 Å². The first-order valence-corrected chi connectivity index (χ1v) is 10.4. The third-order valence-electron chi connectivity index (χ3n) is 5.93. The van der Waals surface area contributed by atoms with Crippen molar-refractivity contribution in [3.8, 4) is 11.1 Å². The monoisotopic (exact) mass is 459 g/mol. The zero-order chi connectivity index (χ0) is 20.7. The van der Waals surface area contributed by atoms with Crippen molar-refractivity contribution < 1.29 is 4.79 Å². The molecule has 1 amide bonds. The van der Waals surface area contributed by atoms with Crippen LogP contribution >= 0.6 is 24.8 Å². The molecule has 2 unspecified atom stereocenters. The maximum Gasteiger partial charge on any atom is 0.221 e. The number of nitrogens with zero attached hydrogens (tertiary/aromatic N) is 1. The van der Waals surface area contributed by atoms with E-state index in [-0.39, 0.29) is 42.6 Å². The zero-order valence-electron chi connectivity index (χ0n) is 18.2. The van der Waals surface area contributed by atoms with Gasteiger partial charge < -0.3 is 11.5 Å². The molecule has 1 aliphatic carbocycles. The number of nitrogens with two attached hydrogens (primary N) is 2. The lowest BCUT2D eigenvalue weighted by molar-refractivity contribution is -0.119. The van der Waals surface area contributed by atoms with E-state index in [0.717, 1.165) is 46.1 Å². The zero-order valence-corrected chi connectivity index (χ0v) is 19.9. The van der Waals surface area contributed by atoms with Gasteiger partial charge in [0.2, 0.25) is 5.91 Å². The number of rotatable bonds is 6. The SMILES string of the molecule is Cc1ccc(-c2c(CN)c(CC(C)C)nc3ccc(C4CC4C(N)=O)cc23)cc1.Cl.Cl. The Hall–Kier alpha value is -2.14. The van der Waals surface area contributed by atoms with E-state index in [1.807, 2.05) is 0 Å². The molecule has 166 valence electrons. The van der Waals surface area contributed by atoms with Crippen molar-refractivity contribution in [2.24, 2.45) is 23.3 Å². The number of benzene rings is 2. The highest BCUT2D eigenvalue weighted by Crippen LogP contribution is 2.48. The second-order valence-electron chi connectivity index (χ2n) is 8.71. The van der Waals surface area contributed by atoms with E-state index in [1.165, 1.54) is 11.1 Å². The molecule has 4 nitrogen and oxygen atoms in total. The predicted octanol–water partition coefficient (Wildman–Crippen LogP) is 5.30. The van der Waals surface area contributed by atoms with Crippen LogP contribution in [0.25, 0.3) is 22.0 Å². The molecule has 1 saturated carbocycles. The Kier molecular flexibility index (Phi) is 8.09. The van der Waals surface area contributed by atoms with Crippen LogP contribution in [0.4, 0.5) is 0 Å². The summed E-state index contributed by atoms with van der Waals surface area (Å²) in [4.78, 5) is 16.6. The van der Waals surface area contributed by atoms with Crippen LogP contribution in [-0.4, -0.2) is 10.9 Å². The van der Waals surface area contributed by atoms with E-state index >= 15 is 0 Å². The molecule has 4 rings (SSSR count). The standard InChI is InChI=1S/C25H29N3O.2ClH/c1-14(2)10-23-21(13-26)24(16-6-4-15(3)5-7-16)20-11-17(8-9-22(20)28-23)18-12-19(18)25(27)29;;/h4-9,11,14,18-19H,10,12-13,26H2,1-3H3,(H2,27,29);2*1H. The number of fused-ring (bicyclic) bond motifs is 1. The smallest absolute Gasteiger partial charge is 0.221 e. The van der Waals surface area contributed by atoms with Gasteiger partial charge in [-0.25, -0.2) is 0 Å². The number of carbonyl (C=O) groups excluding carboxylic acids is 1. The maximum atomic E-state index is 11.6. The minimum atomic E-state index is -0.207. The highest BCUT2D eigenvalue weighted by atomic mass is 35.5. The van der Waals surface area contributed by atoms with Crippen LogP contribution in [-0.2, 0) is 17.8 Å². The van der Waals surface area contributed by atoms with Crippen LogP contribution in [0.3, 0.4) is 0 Å². The molecule has 1 fully saturated rings. The Morgan fingerprint density at radius 3 is 2.35 bits per heavy atom. The number of pyridine rings is 1. The van der Waals surface area contributed by atoms with E-state index in [9.17, 15) is 4.79 Å². The Morgan fingerprint density at radius 1 is 1.13 bits per heavy atom. The van der Waals surface area contributed by atoms with Gasteiger partial charge in [0.25, 0.3) is 0 Å². The summed E-state index contributed by atoms with van der Waals surface area (Å²) in [5.74, 6) is 0.469. The summed E-state index contributed by atoms with van der Waals surface area (Å²) in [7, 11) is 0. The highest BCUT2D eigenvalue weighted by molar-refractivity contribution is 5.97. The summed E-state index contributed by atoms with van der Waals surface area (Å²) in [5, 5.41) is 1.11. The van der Waals surface area contributed by atoms with E-state index in [0.29, 0.717) is 12.5 Å². The number of hydrogen-bond acceptors (Lipinski definition) is 3. The van der Waals surface area contributed by atoms with E-state index in [4.69, 9.17) is 16.5 Å². The molecule has 1 aliphatic rings. The lowest BCUT2D eigenvalue weighted by Crippen LogP contribution is -2.13. The third kappa shape index (κ3) is 5.03. The summed E-state index contributed by atoms with van der Waals surface area (Å²) in [6.45, 7) is 6.96. The molecule has 2 aromatic carbocycles. The number of aromatic nitrogens is 1. The fraction of sp³-hybridized carbons (Fsp3) is 0.360. The fourth-order valence-electron chi connectivity index (χ4n) is 4.30. The van der Waals surface area contributed by atoms with Gasteiger partial charge >= 0.3 is 0 Å². The molecule has 0 radical (unpaired) electrons. The van der Waals surface area contributed by atoms with Gasteiger partial charge in [-0.1, -0.05) is 49.7 Å². The van der Waals surface area contributed by atoms with Gasteiger partial charge in [0.05, 0.1) is 5.52 Å². The molecule has 0 aliphatic heterocycles. The highest BCUT2D eigenvalue weighted by Gasteiger charge is 2.42. The van der Waals surface area contributed by atoms with Crippen molar-refractivity contribution in [1.29, 1.82) is 0 Å². The van der Waals surface area contributed by atoms with Gasteiger partial charge in [0, 0.05) is 23.5 Å². The molecule has 1 aromatic heterocycles. The molecule has 0 saturated heterocycles. The molecule has 0 bridgehead atoms. The van der Waals surface area contributed by atoms with Crippen molar-refractivity contribution in [3.05, 3.63) is 64.8 Å². The molecule has 1 heterocycles. The first-order valence-electron chi connectivity index (χ1n) is 10.4. The number of hydrogen-bond donors (Lipinski definition) is 2. The lowest BCUT2D eigenvalue weighted by Gasteiger charge is -2.18. The van der Waals surface area contributed by atoms with Gasteiger partial charge in [-0.2, -0.15) is 0 Å². The number of aryl methyl sites for hydroxylation is 1. The quantitative estimate of drug-likeness (QED) is 0.524. The summed E-state index contributed by atoms with van der Waals surface area (Å²) < 4.78 is 0. The molecule has 0 spiro atoms. The van der Waals surface area contributed by atoms with Gasteiger partial charge in [-0.15, -0.1) is 24.8 Å². The van der Waals surface area contributed by atoms with Crippen LogP contribution in [0.15, 0.2) is 42.5 Å². The van der Waals surface area contributed by atoms with E-state index in [1.54, 1.807) is 0 Å². The first kappa shape index (κ1) is 25.1. The molecule has 4 N–H and O–H groups in total. The topological polar surface area (TPSA) is 82.0 Å². The average molecular weight is 460 g/mol. The Bertz CT molecular complexity index is 1080. The van der Waals surface area contributed by atoms with E-state index < -0.39 is 0 Å². The maximum absolute atomic E-state index is 11.6. The van der Waals surface area contributed by atoms with Crippen molar-refractivity contribution in [1.82, 2.24) is 4.98 Å². The largest absolute Gasteiger partial charge is 0.369 e. The van der Waals surface area contributed by atoms with Gasteiger partial charge in [-0.3, -0.25) is 9.78 Å². The van der Waals surface area contributed by atoms with Crippen LogP contribution in [0.1, 0.15) is 48.6 Å². The average Bonchev–Trinajstić information content (AvgIpc) is 3.48. The summed E-state index contributed by atoms with van der Waals surface area (Å²) in [5.41, 5.74) is 19.7. The second-order valence-corrected chi connectivity index (χ2v) is 8.71. The van der Waals surface area contributed by atoms with Crippen molar-refractivity contribution >= 4 is 41.6 Å². The van der Waals surface area contributed by atoms with Gasteiger partial charge in [0.15, 0.2) is 0 Å². The van der Waals surface area contributed by atoms with Crippen molar-refractivity contribution in [2.75, 3.05) is 0 Å². The van der Waals surface area contributed by atoms with E-state index in [2.05, 4.69) is 63.2 Å². The number of carbonyl (C=O) groups is 1. The lowest BCUT2D eigenvalue weighted by atomic mass is 9.90. The van der Waals surface area contributed by atoms with Crippen LogP contribution < -0.4 is 11.5 Å². The van der Waals surface area contributed by atoms with Crippen molar-refractivity contribution in [3.63, 3.8) is 0 Å². The summed E-state index contributed by atoms with van der Waals surface area (Å²) >= 11 is 0. The predicted molar refractivity (Wildman–Crippen MR) is 133 cm³/mol. The molecule has 3 aromatic rings. The minimum Gasteiger partial charge on any atom is -0.369 e. The normalized spacial score (nSPS) is 17.2. The van der Waals surface area contributed by atoms with Gasteiger partial charge in [0.1, 0.15) is 0 Å². The van der Waals surface area contributed by atoms with Crippen molar-refractivity contribution in [2.45, 2.75) is 46.1 Å². The Labute approximate surface area is 196 Å². The summed E-state index contributed by atoms with van der Waals surface area (Å²) in [6.07, 6.45) is 1.73. The number of primary amides is 1. The Balaban J connectivity index is 0.00000171. The molecule has 31 heavy (non-hydrogen) atoms. The number of halogens is 2. The Morgan fingerprint density at radius 2 is 1.81 bits per heavy atom. The second kappa shape index (κ2) is 9.99. The molecular weight excluding hydrogens is 429 g/mol. The minimum absolute atomic E-state index is 0. The first-order chi connectivity index (χ1) is 13.9. The third-order valence-corrected chi connectivity index (χ3v) is 5.93. The molecule has 6 heteroatoms. The number of amides is 1. The fourth-order valence-corrected chi connectivity index (χ4v) is 4.30. The molecular formula is C25H31Cl2N3O. The van der Waals surface area contributed by atoms with Crippen LogP contribution in [0.2, 0.25) is 0 Å². The van der Waals surface area contributed by atoms with Crippen LogP contribution in [0.5, 0.6) is 0 Å². The summed E-state index contributed by atoms with van der Waals surface area (Å²) in [6, 6.07) is 15.0. The molecule has 2 atom stereocenters.